The van der Waals surface area contributed by atoms with Crippen molar-refractivity contribution in [1.29, 1.82) is 0 Å². The number of furan rings is 1. The number of carbonyl (C=O) groups is 1. The van der Waals surface area contributed by atoms with Crippen LogP contribution in [0, 0.1) is 13.8 Å². The fourth-order valence-corrected chi connectivity index (χ4v) is 4.17. The van der Waals surface area contributed by atoms with Gasteiger partial charge in [-0.15, -0.1) is 0 Å². The molecule has 0 saturated heterocycles. The first-order valence-corrected chi connectivity index (χ1v) is 11.0. The number of anilines is 1. The first-order valence-electron chi connectivity index (χ1n) is 11.0. The maximum atomic E-state index is 13.6. The van der Waals surface area contributed by atoms with Crippen molar-refractivity contribution >= 4 is 33.7 Å². The van der Waals surface area contributed by atoms with Crippen LogP contribution in [0.1, 0.15) is 16.7 Å². The van der Waals surface area contributed by atoms with Gasteiger partial charge in [-0.25, -0.2) is 4.79 Å². The molecule has 0 spiro atoms. The van der Waals surface area contributed by atoms with E-state index in [4.69, 9.17) is 4.42 Å². The number of rotatable bonds is 5. The molecular formula is C27H23N3O4. The van der Waals surface area contributed by atoms with E-state index in [2.05, 4.69) is 5.32 Å². The zero-order valence-electron chi connectivity index (χ0n) is 18.9. The quantitative estimate of drug-likeness (QED) is 0.432. The number of hydrogen-bond acceptors (Lipinski definition) is 4. The Morgan fingerprint density at radius 1 is 0.882 bits per heavy atom. The highest BCUT2D eigenvalue weighted by molar-refractivity contribution is 6.03. The average Bonchev–Trinajstić information content (AvgIpc) is 3.23. The van der Waals surface area contributed by atoms with E-state index in [0.29, 0.717) is 22.2 Å². The molecule has 0 aliphatic rings. The van der Waals surface area contributed by atoms with Crippen molar-refractivity contribution in [2.24, 2.45) is 0 Å². The Balaban J connectivity index is 1.66. The molecule has 1 N–H and O–H groups in total. The number of aromatic nitrogens is 2. The Kier molecular flexibility index (Phi) is 5.37. The van der Waals surface area contributed by atoms with E-state index in [1.54, 1.807) is 24.3 Å². The van der Waals surface area contributed by atoms with Crippen molar-refractivity contribution in [3.8, 4) is 0 Å². The lowest BCUT2D eigenvalue weighted by atomic mass is 10.1. The molecule has 0 aliphatic carbocycles. The number of para-hydroxylation sites is 1. The molecular weight excluding hydrogens is 430 g/mol. The van der Waals surface area contributed by atoms with E-state index >= 15 is 0 Å². The third kappa shape index (κ3) is 3.71. The summed E-state index contributed by atoms with van der Waals surface area (Å²) in [5.41, 5.74) is 3.26. The van der Waals surface area contributed by atoms with E-state index in [0.717, 1.165) is 21.3 Å². The zero-order valence-corrected chi connectivity index (χ0v) is 18.9. The van der Waals surface area contributed by atoms with Gasteiger partial charge in [0.05, 0.1) is 6.54 Å². The molecule has 0 radical (unpaired) electrons. The van der Waals surface area contributed by atoms with Crippen molar-refractivity contribution in [3.05, 3.63) is 110 Å². The van der Waals surface area contributed by atoms with E-state index in [1.165, 1.54) is 4.57 Å². The normalized spacial score (nSPS) is 11.2. The minimum absolute atomic E-state index is 0.0521. The van der Waals surface area contributed by atoms with Gasteiger partial charge in [0.25, 0.3) is 5.56 Å². The Hall–Kier alpha value is -4.39. The van der Waals surface area contributed by atoms with E-state index in [-0.39, 0.29) is 24.6 Å². The Morgan fingerprint density at radius 3 is 2.41 bits per heavy atom. The fraction of sp³-hybridized carbons (Fsp3) is 0.148. The number of nitrogens with zero attached hydrogens (tertiary/aromatic N) is 2. The topological polar surface area (TPSA) is 86.2 Å². The SMILES string of the molecule is Cc1cccc(NC(=O)Cn2c(=O)n(Cc3ccccc3)c(=O)c3oc4ccccc4c32)c1C. The van der Waals surface area contributed by atoms with Crippen LogP contribution in [-0.4, -0.2) is 15.0 Å². The Morgan fingerprint density at radius 2 is 1.62 bits per heavy atom. The molecule has 0 bridgehead atoms. The van der Waals surface area contributed by atoms with Gasteiger partial charge in [0, 0.05) is 11.1 Å². The Bertz CT molecular complexity index is 1660. The number of carbonyl (C=O) groups excluding carboxylic acids is 1. The van der Waals surface area contributed by atoms with Gasteiger partial charge in [0.1, 0.15) is 17.6 Å². The lowest BCUT2D eigenvalue weighted by Gasteiger charge is -2.14. The summed E-state index contributed by atoms with van der Waals surface area (Å²) in [4.78, 5) is 39.9. The molecule has 5 aromatic rings. The van der Waals surface area contributed by atoms with Crippen molar-refractivity contribution in [2.75, 3.05) is 5.32 Å². The molecule has 34 heavy (non-hydrogen) atoms. The molecule has 2 aromatic heterocycles. The number of amides is 1. The third-order valence-electron chi connectivity index (χ3n) is 6.10. The van der Waals surface area contributed by atoms with Crippen LogP contribution in [0.2, 0.25) is 0 Å². The van der Waals surface area contributed by atoms with Gasteiger partial charge in [-0.1, -0.05) is 54.6 Å². The number of nitrogens with one attached hydrogen (secondary N) is 1. The molecule has 7 nitrogen and oxygen atoms in total. The standard InChI is InChI=1S/C27H23N3O4/c1-17-9-8-13-21(18(17)2)28-23(31)16-29-24-20-12-6-7-14-22(20)34-25(24)26(32)30(27(29)33)15-19-10-4-3-5-11-19/h3-14H,15-16H2,1-2H3,(H,28,31). The van der Waals surface area contributed by atoms with E-state index < -0.39 is 11.2 Å². The molecule has 2 heterocycles. The molecule has 0 atom stereocenters. The lowest BCUT2D eigenvalue weighted by Crippen LogP contribution is -2.41. The van der Waals surface area contributed by atoms with Gasteiger partial charge in [-0.3, -0.25) is 18.7 Å². The monoisotopic (exact) mass is 453 g/mol. The largest absolute Gasteiger partial charge is 0.449 e. The number of benzene rings is 3. The van der Waals surface area contributed by atoms with Crippen LogP contribution in [-0.2, 0) is 17.9 Å². The first kappa shape index (κ1) is 21.5. The third-order valence-corrected chi connectivity index (χ3v) is 6.10. The summed E-state index contributed by atoms with van der Waals surface area (Å²) in [5, 5.41) is 3.51. The van der Waals surface area contributed by atoms with Crippen LogP contribution in [0.15, 0.2) is 86.8 Å². The smallest absolute Gasteiger partial charge is 0.332 e. The van der Waals surface area contributed by atoms with Crippen LogP contribution >= 0.6 is 0 Å². The maximum Gasteiger partial charge on any atom is 0.332 e. The second-order valence-corrected chi connectivity index (χ2v) is 8.32. The maximum absolute atomic E-state index is 13.6. The minimum atomic E-state index is -0.566. The average molecular weight is 453 g/mol. The second kappa shape index (κ2) is 8.51. The van der Waals surface area contributed by atoms with Gasteiger partial charge in [-0.05, 0) is 48.7 Å². The van der Waals surface area contributed by atoms with Gasteiger partial charge in [0.15, 0.2) is 0 Å². The molecule has 1 amide bonds. The highest BCUT2D eigenvalue weighted by Crippen LogP contribution is 2.26. The van der Waals surface area contributed by atoms with Crippen molar-refractivity contribution in [3.63, 3.8) is 0 Å². The molecule has 170 valence electrons. The molecule has 5 rings (SSSR count). The molecule has 0 saturated carbocycles. The highest BCUT2D eigenvalue weighted by Gasteiger charge is 2.21. The van der Waals surface area contributed by atoms with E-state index in [9.17, 15) is 14.4 Å². The van der Waals surface area contributed by atoms with Crippen molar-refractivity contribution < 1.29 is 9.21 Å². The summed E-state index contributed by atoms with van der Waals surface area (Å²) in [7, 11) is 0. The Labute approximate surface area is 194 Å². The van der Waals surface area contributed by atoms with Crippen LogP contribution in [0.5, 0.6) is 0 Å². The van der Waals surface area contributed by atoms with Crippen LogP contribution in [0.3, 0.4) is 0 Å². The van der Waals surface area contributed by atoms with Crippen molar-refractivity contribution in [1.82, 2.24) is 9.13 Å². The lowest BCUT2D eigenvalue weighted by molar-refractivity contribution is -0.116. The van der Waals surface area contributed by atoms with Gasteiger partial charge in [0.2, 0.25) is 11.5 Å². The zero-order chi connectivity index (χ0) is 23.8. The molecule has 0 unspecified atom stereocenters. The predicted octanol–water partition coefficient (Wildman–Crippen LogP) is 4.21. The molecule has 7 heteroatoms. The summed E-state index contributed by atoms with van der Waals surface area (Å²) in [6.07, 6.45) is 0. The summed E-state index contributed by atoms with van der Waals surface area (Å²) < 4.78 is 8.31. The first-order chi connectivity index (χ1) is 16.4. The summed E-state index contributed by atoms with van der Waals surface area (Å²) in [6, 6.07) is 22.0. The van der Waals surface area contributed by atoms with E-state index in [1.807, 2.05) is 62.4 Å². The summed E-state index contributed by atoms with van der Waals surface area (Å²) >= 11 is 0. The number of aryl methyl sites for hydroxylation is 1. The highest BCUT2D eigenvalue weighted by atomic mass is 16.3. The molecule has 0 aliphatic heterocycles. The van der Waals surface area contributed by atoms with Gasteiger partial charge < -0.3 is 9.73 Å². The predicted molar refractivity (Wildman–Crippen MR) is 132 cm³/mol. The van der Waals surface area contributed by atoms with Crippen LogP contribution in [0.4, 0.5) is 5.69 Å². The summed E-state index contributed by atoms with van der Waals surface area (Å²) in [5.74, 6) is -0.368. The molecule has 0 fully saturated rings. The summed E-state index contributed by atoms with van der Waals surface area (Å²) in [6.45, 7) is 3.71. The number of fused-ring (bicyclic) bond motifs is 3. The minimum Gasteiger partial charge on any atom is -0.449 e. The molecule has 3 aromatic carbocycles. The number of hydrogen-bond donors (Lipinski definition) is 1. The van der Waals surface area contributed by atoms with Crippen LogP contribution < -0.4 is 16.6 Å². The van der Waals surface area contributed by atoms with Gasteiger partial charge >= 0.3 is 5.69 Å². The van der Waals surface area contributed by atoms with Crippen molar-refractivity contribution in [2.45, 2.75) is 26.9 Å². The fourth-order valence-electron chi connectivity index (χ4n) is 4.17. The second-order valence-electron chi connectivity index (χ2n) is 8.32. The van der Waals surface area contributed by atoms with Crippen LogP contribution in [0.25, 0.3) is 22.1 Å². The van der Waals surface area contributed by atoms with Gasteiger partial charge in [-0.2, -0.15) is 0 Å².